The van der Waals surface area contributed by atoms with E-state index in [1.165, 1.54) is 6.07 Å². The number of aromatic nitrogens is 1. The van der Waals surface area contributed by atoms with Gasteiger partial charge in [-0.25, -0.2) is 4.98 Å². The van der Waals surface area contributed by atoms with Gasteiger partial charge in [-0.1, -0.05) is 23.9 Å². The van der Waals surface area contributed by atoms with E-state index in [0.717, 1.165) is 17.8 Å². The van der Waals surface area contributed by atoms with Crippen molar-refractivity contribution in [2.75, 3.05) is 17.6 Å². The van der Waals surface area contributed by atoms with E-state index in [9.17, 15) is 26.3 Å². The SMILES string of the molecule is N=C(N=C(N)N)SCCNc1cc(C(F)(F)F)nc2c(C(F)(F)F)cccc12. The van der Waals surface area contributed by atoms with Gasteiger partial charge in [0, 0.05) is 23.4 Å². The number of nitrogens with one attached hydrogen (secondary N) is 2. The van der Waals surface area contributed by atoms with E-state index in [4.69, 9.17) is 16.9 Å². The molecule has 1 aromatic heterocycles. The molecule has 0 amide bonds. The number of halogens is 6. The minimum atomic E-state index is -4.92. The maximum atomic E-state index is 13.2. The molecule has 0 aliphatic carbocycles. The second-order valence-corrected chi connectivity index (χ2v) is 6.45. The van der Waals surface area contributed by atoms with Crippen LogP contribution < -0.4 is 16.8 Å². The zero-order valence-electron chi connectivity index (χ0n) is 13.9. The van der Waals surface area contributed by atoms with E-state index < -0.39 is 29.1 Å². The number of nitrogens with two attached hydrogens (primary N) is 2. The number of alkyl halides is 6. The van der Waals surface area contributed by atoms with Crippen LogP contribution >= 0.6 is 11.8 Å². The summed E-state index contributed by atoms with van der Waals surface area (Å²) in [5.41, 5.74) is 6.56. The third kappa shape index (κ3) is 5.41. The maximum Gasteiger partial charge on any atom is 0.433 e. The first-order valence-corrected chi connectivity index (χ1v) is 8.51. The number of hydrogen-bond donors (Lipinski definition) is 4. The summed E-state index contributed by atoms with van der Waals surface area (Å²) in [6.07, 6.45) is -9.79. The Morgan fingerprint density at radius 3 is 2.39 bits per heavy atom. The Kier molecular flexibility index (Phi) is 6.27. The normalized spacial score (nSPS) is 12.1. The van der Waals surface area contributed by atoms with E-state index >= 15 is 0 Å². The third-order valence-electron chi connectivity index (χ3n) is 3.32. The van der Waals surface area contributed by atoms with E-state index in [-0.39, 0.29) is 34.5 Å². The largest absolute Gasteiger partial charge is 0.433 e. The number of para-hydroxylation sites is 1. The summed E-state index contributed by atoms with van der Waals surface area (Å²) in [6.45, 7) is 0.0414. The summed E-state index contributed by atoms with van der Waals surface area (Å²) in [7, 11) is 0. The van der Waals surface area contributed by atoms with Gasteiger partial charge in [-0.05, 0) is 12.1 Å². The summed E-state index contributed by atoms with van der Waals surface area (Å²) in [5, 5.41) is 9.79. The van der Waals surface area contributed by atoms with Gasteiger partial charge in [0.1, 0.15) is 5.69 Å². The first-order chi connectivity index (χ1) is 12.9. The van der Waals surface area contributed by atoms with Gasteiger partial charge in [-0.3, -0.25) is 5.41 Å². The number of anilines is 1. The van der Waals surface area contributed by atoms with Crippen LogP contribution in [0.25, 0.3) is 10.9 Å². The maximum absolute atomic E-state index is 13.2. The molecule has 13 heteroatoms. The molecule has 0 bridgehead atoms. The van der Waals surface area contributed by atoms with Gasteiger partial charge >= 0.3 is 12.4 Å². The molecule has 0 saturated heterocycles. The number of fused-ring (bicyclic) bond motifs is 1. The number of guanidine groups is 1. The van der Waals surface area contributed by atoms with Crippen LogP contribution in [0.1, 0.15) is 11.3 Å². The highest BCUT2D eigenvalue weighted by Gasteiger charge is 2.37. The number of pyridine rings is 1. The summed E-state index contributed by atoms with van der Waals surface area (Å²) < 4.78 is 78.8. The molecule has 0 fully saturated rings. The Hall–Kier alpha value is -2.70. The summed E-state index contributed by atoms with van der Waals surface area (Å²) in [6, 6.07) is 3.66. The molecule has 0 saturated carbocycles. The Balaban J connectivity index is 2.36. The lowest BCUT2D eigenvalue weighted by Gasteiger charge is -2.16. The van der Waals surface area contributed by atoms with E-state index in [1.807, 2.05) is 0 Å². The monoisotopic (exact) mass is 424 g/mol. The second kappa shape index (κ2) is 8.12. The van der Waals surface area contributed by atoms with Crippen molar-refractivity contribution in [2.45, 2.75) is 12.4 Å². The van der Waals surface area contributed by atoms with Crippen LogP contribution in [0.3, 0.4) is 0 Å². The van der Waals surface area contributed by atoms with Gasteiger partial charge in [0.2, 0.25) is 0 Å². The Morgan fingerprint density at radius 1 is 1.14 bits per heavy atom. The highest BCUT2D eigenvalue weighted by atomic mass is 32.2. The first kappa shape index (κ1) is 21.6. The van der Waals surface area contributed by atoms with Crippen molar-refractivity contribution in [3.8, 4) is 0 Å². The van der Waals surface area contributed by atoms with Crippen LogP contribution in [0.5, 0.6) is 0 Å². The van der Waals surface area contributed by atoms with Crippen molar-refractivity contribution in [1.29, 1.82) is 5.41 Å². The molecule has 0 aliphatic rings. The summed E-state index contributed by atoms with van der Waals surface area (Å²) in [5.74, 6) is -0.139. The molecule has 0 unspecified atom stereocenters. The number of amidine groups is 1. The third-order valence-corrected chi connectivity index (χ3v) is 4.10. The van der Waals surface area contributed by atoms with Crippen LogP contribution in [0.4, 0.5) is 32.0 Å². The molecule has 6 N–H and O–H groups in total. The Morgan fingerprint density at radius 2 is 1.82 bits per heavy atom. The highest BCUT2D eigenvalue weighted by Crippen LogP contribution is 2.39. The summed E-state index contributed by atoms with van der Waals surface area (Å²) >= 11 is 0.902. The minimum Gasteiger partial charge on any atom is -0.384 e. The Bertz CT molecular complexity index is 904. The average molecular weight is 424 g/mol. The number of hydrogen-bond acceptors (Lipinski definition) is 4. The van der Waals surface area contributed by atoms with Crippen LogP contribution in [0.2, 0.25) is 0 Å². The standard InChI is InChI=1S/C15H14F6N6S/c16-14(17,18)8-3-1-2-7-9(6-10(15(19,20)21)26-11(7)8)25-4-5-28-13(24)27-12(22)23/h1-3,6H,4-5H2,(H,25,26)(H5,22,23,24,27). The highest BCUT2D eigenvalue weighted by molar-refractivity contribution is 8.13. The smallest absolute Gasteiger partial charge is 0.384 e. The molecule has 2 rings (SSSR count). The quantitative estimate of drug-likeness (QED) is 0.259. The summed E-state index contributed by atoms with van der Waals surface area (Å²) in [4.78, 5) is 6.66. The fraction of sp³-hybridized carbons (Fsp3) is 0.267. The predicted octanol–water partition coefficient (Wildman–Crippen LogP) is 3.63. The van der Waals surface area contributed by atoms with Gasteiger partial charge in [0.15, 0.2) is 11.1 Å². The first-order valence-electron chi connectivity index (χ1n) is 7.52. The zero-order valence-corrected chi connectivity index (χ0v) is 14.8. The lowest BCUT2D eigenvalue weighted by molar-refractivity contribution is -0.142. The van der Waals surface area contributed by atoms with Crippen molar-refractivity contribution < 1.29 is 26.3 Å². The molecule has 0 spiro atoms. The van der Waals surface area contributed by atoms with Gasteiger partial charge in [-0.2, -0.15) is 31.3 Å². The molecule has 28 heavy (non-hydrogen) atoms. The minimum absolute atomic E-state index is 0.0414. The lowest BCUT2D eigenvalue weighted by Crippen LogP contribution is -2.23. The molecule has 2 aromatic rings. The van der Waals surface area contributed by atoms with Crippen LogP contribution in [0.15, 0.2) is 29.3 Å². The topological polar surface area (TPSA) is 113 Å². The van der Waals surface area contributed by atoms with Gasteiger partial charge in [-0.15, -0.1) is 0 Å². The molecule has 0 aliphatic heterocycles. The fourth-order valence-electron chi connectivity index (χ4n) is 2.25. The van der Waals surface area contributed by atoms with Crippen molar-refractivity contribution >= 4 is 39.5 Å². The molecule has 0 atom stereocenters. The van der Waals surface area contributed by atoms with Crippen molar-refractivity contribution in [2.24, 2.45) is 16.5 Å². The molecule has 0 radical (unpaired) electrons. The van der Waals surface area contributed by atoms with Gasteiger partial charge in [0.25, 0.3) is 0 Å². The molecular formula is C15H14F6N6S. The lowest BCUT2D eigenvalue weighted by atomic mass is 10.1. The van der Waals surface area contributed by atoms with E-state index in [2.05, 4.69) is 15.3 Å². The molecule has 1 aromatic carbocycles. The average Bonchev–Trinajstić information content (AvgIpc) is 2.55. The predicted molar refractivity (Wildman–Crippen MR) is 96.2 cm³/mol. The van der Waals surface area contributed by atoms with Gasteiger partial charge < -0.3 is 16.8 Å². The van der Waals surface area contributed by atoms with Gasteiger partial charge in [0.05, 0.1) is 11.1 Å². The van der Waals surface area contributed by atoms with E-state index in [1.54, 1.807) is 0 Å². The fourth-order valence-corrected chi connectivity index (χ4v) is 2.82. The van der Waals surface area contributed by atoms with Crippen molar-refractivity contribution in [3.63, 3.8) is 0 Å². The number of nitrogens with zero attached hydrogens (tertiary/aromatic N) is 2. The van der Waals surface area contributed by atoms with Crippen LogP contribution in [-0.4, -0.2) is 28.4 Å². The molecule has 1 heterocycles. The van der Waals surface area contributed by atoms with Crippen molar-refractivity contribution in [1.82, 2.24) is 4.98 Å². The van der Waals surface area contributed by atoms with Crippen LogP contribution in [0, 0.1) is 5.41 Å². The molecule has 6 nitrogen and oxygen atoms in total. The molecular weight excluding hydrogens is 410 g/mol. The second-order valence-electron chi connectivity index (χ2n) is 5.37. The number of aliphatic imine (C=N–C) groups is 1. The number of rotatable bonds is 4. The number of benzene rings is 1. The molecule has 152 valence electrons. The Labute approximate surface area is 158 Å². The van der Waals surface area contributed by atoms with Crippen LogP contribution in [-0.2, 0) is 12.4 Å². The van der Waals surface area contributed by atoms with Crippen molar-refractivity contribution in [3.05, 3.63) is 35.5 Å². The van der Waals surface area contributed by atoms with E-state index in [0.29, 0.717) is 12.1 Å². The number of thioether (sulfide) groups is 1. The zero-order chi connectivity index (χ0) is 21.1.